The Labute approximate surface area is 170 Å². The van der Waals surface area contributed by atoms with E-state index in [0.29, 0.717) is 5.56 Å². The summed E-state index contributed by atoms with van der Waals surface area (Å²) in [5.41, 5.74) is 2.36. The molecule has 0 fully saturated rings. The molecule has 1 aromatic heterocycles. The first-order valence-corrected chi connectivity index (χ1v) is 10.8. The summed E-state index contributed by atoms with van der Waals surface area (Å²) in [6.45, 7) is 2.68. The molecular weight excluding hydrogens is 388 g/mol. The first-order valence-electron chi connectivity index (χ1n) is 9.37. The lowest BCUT2D eigenvalue weighted by Crippen LogP contribution is -2.45. The van der Waals surface area contributed by atoms with Gasteiger partial charge in [0.15, 0.2) is 0 Å². The average Bonchev–Trinajstić information content (AvgIpc) is 3.21. The fraction of sp³-hybridized carbons (Fsp3) is 0.238. The van der Waals surface area contributed by atoms with Crippen LogP contribution >= 0.6 is 0 Å². The zero-order chi connectivity index (χ0) is 20.4. The number of rotatable bonds is 5. The Hall–Kier alpha value is -2.97. The van der Waals surface area contributed by atoms with Crippen molar-refractivity contribution in [3.05, 3.63) is 83.7 Å². The first kappa shape index (κ1) is 19.4. The summed E-state index contributed by atoms with van der Waals surface area (Å²) in [5.74, 6) is -0.196. The van der Waals surface area contributed by atoms with Gasteiger partial charge in [0.25, 0.3) is 5.91 Å². The SMILES string of the molecule is Cc1ccc(S(=O)(=O)N2Cc3ccnn3C(CNC(=O)c3ccccc3)C2)cc1. The molecule has 0 saturated carbocycles. The molecule has 0 bridgehead atoms. The number of hydrogen-bond donors (Lipinski definition) is 1. The summed E-state index contributed by atoms with van der Waals surface area (Å²) < 4.78 is 29.5. The van der Waals surface area contributed by atoms with Crippen molar-refractivity contribution in [2.45, 2.75) is 24.4 Å². The lowest BCUT2D eigenvalue weighted by Gasteiger charge is -2.33. The van der Waals surface area contributed by atoms with E-state index in [4.69, 9.17) is 0 Å². The van der Waals surface area contributed by atoms with Crippen molar-refractivity contribution in [1.29, 1.82) is 0 Å². The number of amides is 1. The molecule has 8 heteroatoms. The van der Waals surface area contributed by atoms with E-state index >= 15 is 0 Å². The molecule has 1 amide bonds. The fourth-order valence-corrected chi connectivity index (χ4v) is 4.90. The molecule has 1 aliphatic rings. The highest BCUT2D eigenvalue weighted by Gasteiger charge is 2.33. The predicted molar refractivity (Wildman–Crippen MR) is 109 cm³/mol. The quantitative estimate of drug-likeness (QED) is 0.700. The molecule has 0 radical (unpaired) electrons. The zero-order valence-electron chi connectivity index (χ0n) is 16.0. The number of aromatic nitrogens is 2. The second-order valence-corrected chi connectivity index (χ2v) is 9.05. The highest BCUT2D eigenvalue weighted by atomic mass is 32.2. The van der Waals surface area contributed by atoms with E-state index in [2.05, 4.69) is 10.4 Å². The minimum atomic E-state index is -3.64. The Morgan fingerprint density at radius 2 is 1.83 bits per heavy atom. The standard InChI is InChI=1S/C21H22N4O3S/c1-16-7-9-20(10-8-16)29(27,28)24-14-18-11-12-23-25(18)19(15-24)13-22-21(26)17-5-3-2-4-6-17/h2-12,19H,13-15H2,1H3,(H,22,26). The molecule has 3 aromatic rings. The van der Waals surface area contributed by atoms with Gasteiger partial charge in [0, 0.05) is 24.8 Å². The highest BCUT2D eigenvalue weighted by molar-refractivity contribution is 7.89. The van der Waals surface area contributed by atoms with E-state index in [1.54, 1.807) is 59.4 Å². The van der Waals surface area contributed by atoms with Gasteiger partial charge in [-0.2, -0.15) is 9.40 Å². The Bertz CT molecular complexity index is 1110. The average molecular weight is 410 g/mol. The molecule has 0 spiro atoms. The summed E-state index contributed by atoms with van der Waals surface area (Å²) >= 11 is 0. The molecule has 1 N–H and O–H groups in total. The number of aryl methyl sites for hydroxylation is 1. The largest absolute Gasteiger partial charge is 0.350 e. The van der Waals surface area contributed by atoms with Crippen LogP contribution < -0.4 is 5.32 Å². The number of nitrogens with zero attached hydrogens (tertiary/aromatic N) is 3. The highest BCUT2D eigenvalue weighted by Crippen LogP contribution is 2.26. The summed E-state index contributed by atoms with van der Waals surface area (Å²) in [6.07, 6.45) is 1.66. The Morgan fingerprint density at radius 3 is 2.55 bits per heavy atom. The summed E-state index contributed by atoms with van der Waals surface area (Å²) in [5, 5.41) is 7.23. The third-order valence-electron chi connectivity index (χ3n) is 5.04. The van der Waals surface area contributed by atoms with Crippen LogP contribution in [0.5, 0.6) is 0 Å². The van der Waals surface area contributed by atoms with Gasteiger partial charge in [-0.1, -0.05) is 35.9 Å². The van der Waals surface area contributed by atoms with Crippen molar-refractivity contribution in [3.63, 3.8) is 0 Å². The van der Waals surface area contributed by atoms with Gasteiger partial charge in [0.2, 0.25) is 10.0 Å². The summed E-state index contributed by atoms with van der Waals surface area (Å²) in [7, 11) is -3.64. The van der Waals surface area contributed by atoms with Crippen molar-refractivity contribution in [3.8, 4) is 0 Å². The third-order valence-corrected chi connectivity index (χ3v) is 6.87. The predicted octanol–water partition coefficient (Wildman–Crippen LogP) is 2.37. The van der Waals surface area contributed by atoms with E-state index in [1.165, 1.54) is 4.31 Å². The van der Waals surface area contributed by atoms with Crippen molar-refractivity contribution in [2.75, 3.05) is 13.1 Å². The van der Waals surface area contributed by atoms with Gasteiger partial charge in [-0.05, 0) is 37.3 Å². The molecule has 2 aromatic carbocycles. The van der Waals surface area contributed by atoms with Crippen LogP contribution in [0.1, 0.15) is 27.7 Å². The van der Waals surface area contributed by atoms with Crippen molar-refractivity contribution in [2.24, 2.45) is 0 Å². The molecule has 2 heterocycles. The van der Waals surface area contributed by atoms with Crippen LogP contribution in [0, 0.1) is 6.92 Å². The van der Waals surface area contributed by atoms with Crippen LogP contribution in [0.4, 0.5) is 0 Å². The van der Waals surface area contributed by atoms with Crippen molar-refractivity contribution < 1.29 is 13.2 Å². The van der Waals surface area contributed by atoms with Gasteiger partial charge in [-0.25, -0.2) is 8.42 Å². The normalized spacial score (nSPS) is 16.9. The van der Waals surface area contributed by atoms with Crippen LogP contribution in [-0.2, 0) is 16.6 Å². The molecule has 7 nitrogen and oxygen atoms in total. The number of nitrogens with one attached hydrogen (secondary N) is 1. The van der Waals surface area contributed by atoms with Gasteiger partial charge < -0.3 is 5.32 Å². The molecule has 1 aliphatic heterocycles. The van der Waals surface area contributed by atoms with Gasteiger partial charge in [0.1, 0.15) is 0 Å². The van der Waals surface area contributed by atoms with Crippen LogP contribution in [0.2, 0.25) is 0 Å². The minimum Gasteiger partial charge on any atom is -0.350 e. The smallest absolute Gasteiger partial charge is 0.251 e. The van der Waals surface area contributed by atoms with E-state index in [1.807, 2.05) is 19.1 Å². The van der Waals surface area contributed by atoms with Crippen LogP contribution in [0.3, 0.4) is 0 Å². The molecule has 0 saturated heterocycles. The van der Waals surface area contributed by atoms with Gasteiger partial charge in [-0.3, -0.25) is 9.48 Å². The lowest BCUT2D eigenvalue weighted by atomic mass is 10.2. The number of sulfonamides is 1. The summed E-state index contributed by atoms with van der Waals surface area (Å²) in [4.78, 5) is 12.7. The van der Waals surface area contributed by atoms with Crippen LogP contribution in [-0.4, -0.2) is 41.5 Å². The van der Waals surface area contributed by atoms with E-state index < -0.39 is 10.0 Å². The summed E-state index contributed by atoms with van der Waals surface area (Å²) in [6, 6.07) is 17.3. The van der Waals surface area contributed by atoms with Crippen molar-refractivity contribution >= 4 is 15.9 Å². The van der Waals surface area contributed by atoms with Gasteiger partial charge in [-0.15, -0.1) is 0 Å². The monoisotopic (exact) mass is 410 g/mol. The minimum absolute atomic E-state index is 0.196. The number of carbonyl (C=O) groups excluding carboxylic acids is 1. The Kier molecular flexibility index (Phi) is 5.21. The maximum atomic E-state index is 13.1. The first-order chi connectivity index (χ1) is 13.9. The second kappa shape index (κ2) is 7.81. The molecule has 4 rings (SSSR count). The molecular formula is C21H22N4O3S. The topological polar surface area (TPSA) is 84.3 Å². The van der Waals surface area contributed by atoms with Gasteiger partial charge in [0.05, 0.1) is 23.2 Å². The molecule has 0 aliphatic carbocycles. The Morgan fingerprint density at radius 1 is 1.10 bits per heavy atom. The maximum absolute atomic E-state index is 13.1. The fourth-order valence-electron chi connectivity index (χ4n) is 3.45. The number of fused-ring (bicyclic) bond motifs is 1. The molecule has 1 atom stereocenters. The number of benzene rings is 2. The van der Waals surface area contributed by atoms with Crippen LogP contribution in [0.25, 0.3) is 0 Å². The van der Waals surface area contributed by atoms with E-state index in [-0.39, 0.29) is 36.5 Å². The Balaban J connectivity index is 1.54. The molecule has 1 unspecified atom stereocenters. The van der Waals surface area contributed by atoms with Gasteiger partial charge >= 0.3 is 0 Å². The molecule has 29 heavy (non-hydrogen) atoms. The van der Waals surface area contributed by atoms with E-state index in [0.717, 1.165) is 11.3 Å². The maximum Gasteiger partial charge on any atom is 0.251 e. The zero-order valence-corrected chi connectivity index (χ0v) is 16.8. The van der Waals surface area contributed by atoms with E-state index in [9.17, 15) is 13.2 Å². The number of hydrogen-bond acceptors (Lipinski definition) is 4. The number of carbonyl (C=O) groups is 1. The second-order valence-electron chi connectivity index (χ2n) is 7.11. The van der Waals surface area contributed by atoms with Crippen molar-refractivity contribution in [1.82, 2.24) is 19.4 Å². The molecule has 150 valence electrons. The lowest BCUT2D eigenvalue weighted by molar-refractivity contribution is 0.0942. The third kappa shape index (κ3) is 3.94. The van der Waals surface area contributed by atoms with Crippen LogP contribution in [0.15, 0.2) is 71.8 Å².